The van der Waals surface area contributed by atoms with Crippen LogP contribution in [0.3, 0.4) is 0 Å². The molecule has 0 spiro atoms. The number of benzene rings is 1. The first-order valence-electron chi connectivity index (χ1n) is 7.22. The number of amidine groups is 1. The Labute approximate surface area is 130 Å². The topological polar surface area (TPSA) is 76.7 Å². The zero-order valence-corrected chi connectivity index (χ0v) is 12.4. The van der Waals surface area contributed by atoms with Gasteiger partial charge in [0.15, 0.2) is 0 Å². The molecule has 1 fully saturated rings. The summed E-state index contributed by atoms with van der Waals surface area (Å²) in [6, 6.07) is 3.32. The molecule has 0 aromatic heterocycles. The van der Waals surface area contributed by atoms with E-state index in [9.17, 15) is 18.0 Å². The van der Waals surface area contributed by atoms with Gasteiger partial charge in [0, 0.05) is 23.6 Å². The van der Waals surface area contributed by atoms with Crippen molar-refractivity contribution in [2.24, 2.45) is 22.6 Å². The fourth-order valence-electron chi connectivity index (χ4n) is 2.56. The number of nitrogens with one attached hydrogen (secondary N) is 1. The Bertz CT molecular complexity index is 678. The van der Waals surface area contributed by atoms with E-state index in [-0.39, 0.29) is 23.2 Å². The Balaban J connectivity index is 1.82. The van der Waals surface area contributed by atoms with Gasteiger partial charge in [-0.2, -0.15) is 0 Å². The molecule has 2 aliphatic rings. The number of nitrogens with zero attached hydrogens (tertiary/aromatic N) is 1. The molecular formula is C15H16F3N3O2. The van der Waals surface area contributed by atoms with E-state index in [1.54, 1.807) is 0 Å². The van der Waals surface area contributed by atoms with Gasteiger partial charge in [0.25, 0.3) is 11.9 Å². The van der Waals surface area contributed by atoms with E-state index in [1.165, 1.54) is 18.2 Å². The van der Waals surface area contributed by atoms with Crippen molar-refractivity contribution in [3.63, 3.8) is 0 Å². The molecule has 1 heterocycles. The molecule has 1 saturated carbocycles. The van der Waals surface area contributed by atoms with Gasteiger partial charge in [0.2, 0.25) is 5.91 Å². The zero-order valence-electron chi connectivity index (χ0n) is 12.4. The Hall–Kier alpha value is -2.25. The summed E-state index contributed by atoms with van der Waals surface area (Å²) in [5.74, 6) is -5.64. The van der Waals surface area contributed by atoms with E-state index in [4.69, 9.17) is 10.5 Å². The van der Waals surface area contributed by atoms with Gasteiger partial charge < -0.3 is 15.8 Å². The largest absolute Gasteiger partial charge is 0.465 e. The van der Waals surface area contributed by atoms with Crippen LogP contribution >= 0.6 is 0 Å². The average Bonchev–Trinajstić information content (AvgIpc) is 3.13. The SMILES string of the molecule is CC1COC(N)=NC1c1cc(NC(=O)C2CC2(F)F)ccc1F. The van der Waals surface area contributed by atoms with Crippen LogP contribution in [0.4, 0.5) is 18.9 Å². The fraction of sp³-hybridized carbons (Fsp3) is 0.467. The highest BCUT2D eigenvalue weighted by Gasteiger charge is 2.61. The molecule has 124 valence electrons. The van der Waals surface area contributed by atoms with Gasteiger partial charge in [-0.15, -0.1) is 0 Å². The first-order chi connectivity index (χ1) is 10.8. The highest BCUT2D eigenvalue weighted by Crippen LogP contribution is 2.49. The Morgan fingerprint density at radius 2 is 2.17 bits per heavy atom. The number of hydrogen-bond donors (Lipinski definition) is 2. The van der Waals surface area contributed by atoms with Crippen LogP contribution < -0.4 is 11.1 Å². The molecule has 5 nitrogen and oxygen atoms in total. The number of hydrogen-bond acceptors (Lipinski definition) is 4. The van der Waals surface area contributed by atoms with Crippen molar-refractivity contribution in [3.05, 3.63) is 29.6 Å². The van der Waals surface area contributed by atoms with Crippen molar-refractivity contribution in [1.82, 2.24) is 0 Å². The van der Waals surface area contributed by atoms with Crippen LogP contribution in [-0.4, -0.2) is 24.5 Å². The molecular weight excluding hydrogens is 311 g/mol. The second kappa shape index (κ2) is 5.43. The van der Waals surface area contributed by atoms with E-state index in [0.29, 0.717) is 6.61 Å². The molecule has 1 amide bonds. The highest BCUT2D eigenvalue weighted by molar-refractivity contribution is 5.95. The number of carbonyl (C=O) groups is 1. The molecule has 3 rings (SSSR count). The number of halogens is 3. The zero-order chi connectivity index (χ0) is 16.8. The predicted octanol–water partition coefficient (Wildman–Crippen LogP) is 2.44. The maximum absolute atomic E-state index is 14.1. The summed E-state index contributed by atoms with van der Waals surface area (Å²) in [4.78, 5) is 15.8. The minimum atomic E-state index is -2.94. The minimum Gasteiger partial charge on any atom is -0.465 e. The van der Waals surface area contributed by atoms with Crippen molar-refractivity contribution in [2.75, 3.05) is 11.9 Å². The number of carbonyl (C=O) groups excluding carboxylic acids is 1. The van der Waals surface area contributed by atoms with Crippen molar-refractivity contribution in [1.29, 1.82) is 0 Å². The number of nitrogens with two attached hydrogens (primary N) is 1. The highest BCUT2D eigenvalue weighted by atomic mass is 19.3. The third-order valence-electron chi connectivity index (χ3n) is 4.02. The number of ether oxygens (including phenoxy) is 1. The summed E-state index contributed by atoms with van der Waals surface area (Å²) >= 11 is 0. The first kappa shape index (κ1) is 15.6. The van der Waals surface area contributed by atoms with E-state index < -0.39 is 36.0 Å². The molecule has 3 N–H and O–H groups in total. The van der Waals surface area contributed by atoms with Gasteiger partial charge in [0.05, 0.1) is 12.6 Å². The smallest absolute Gasteiger partial charge is 0.282 e. The Morgan fingerprint density at radius 3 is 2.83 bits per heavy atom. The summed E-state index contributed by atoms with van der Waals surface area (Å²) < 4.78 is 45.0. The Kier molecular flexibility index (Phi) is 3.69. The lowest BCUT2D eigenvalue weighted by Gasteiger charge is -2.26. The molecule has 0 saturated heterocycles. The molecule has 1 aliphatic carbocycles. The predicted molar refractivity (Wildman–Crippen MR) is 77.6 cm³/mol. The van der Waals surface area contributed by atoms with E-state index in [0.717, 1.165) is 0 Å². The summed E-state index contributed by atoms with van der Waals surface area (Å²) in [7, 11) is 0. The van der Waals surface area contributed by atoms with Crippen LogP contribution in [0.25, 0.3) is 0 Å². The van der Waals surface area contributed by atoms with E-state index in [2.05, 4.69) is 10.3 Å². The summed E-state index contributed by atoms with van der Waals surface area (Å²) in [5, 5.41) is 2.40. The van der Waals surface area contributed by atoms with Crippen LogP contribution in [0.1, 0.15) is 24.9 Å². The fourth-order valence-corrected chi connectivity index (χ4v) is 2.56. The summed E-state index contributed by atoms with van der Waals surface area (Å²) in [6.07, 6.45) is -0.454. The molecule has 1 aliphatic heterocycles. The van der Waals surface area contributed by atoms with Crippen molar-refractivity contribution in [3.8, 4) is 0 Å². The van der Waals surface area contributed by atoms with Gasteiger partial charge in [-0.25, -0.2) is 18.2 Å². The first-order valence-corrected chi connectivity index (χ1v) is 7.22. The number of aliphatic imine (C=N–C) groups is 1. The van der Waals surface area contributed by atoms with E-state index >= 15 is 0 Å². The lowest BCUT2D eigenvalue weighted by atomic mass is 9.94. The molecule has 0 radical (unpaired) electrons. The average molecular weight is 327 g/mol. The van der Waals surface area contributed by atoms with Gasteiger partial charge in [-0.1, -0.05) is 6.92 Å². The third kappa shape index (κ3) is 3.11. The quantitative estimate of drug-likeness (QED) is 0.895. The second-order valence-corrected chi connectivity index (χ2v) is 5.94. The van der Waals surface area contributed by atoms with Crippen LogP contribution in [0.15, 0.2) is 23.2 Å². The molecule has 3 unspecified atom stereocenters. The second-order valence-electron chi connectivity index (χ2n) is 5.94. The number of amides is 1. The maximum atomic E-state index is 14.1. The van der Waals surface area contributed by atoms with Crippen molar-refractivity contribution >= 4 is 17.6 Å². The minimum absolute atomic E-state index is 0.0282. The Morgan fingerprint density at radius 1 is 1.48 bits per heavy atom. The van der Waals surface area contributed by atoms with Crippen LogP contribution in [0, 0.1) is 17.7 Å². The molecule has 8 heteroatoms. The molecule has 23 heavy (non-hydrogen) atoms. The van der Waals surface area contributed by atoms with Gasteiger partial charge in [-0.05, 0) is 18.2 Å². The number of rotatable bonds is 3. The van der Waals surface area contributed by atoms with Crippen molar-refractivity contribution < 1.29 is 22.7 Å². The summed E-state index contributed by atoms with van der Waals surface area (Å²) in [5.41, 5.74) is 6.02. The number of alkyl halides is 2. The lowest BCUT2D eigenvalue weighted by molar-refractivity contribution is -0.119. The van der Waals surface area contributed by atoms with Crippen LogP contribution in [0.2, 0.25) is 0 Å². The normalized spacial score (nSPS) is 28.5. The molecule has 1 aromatic carbocycles. The summed E-state index contributed by atoms with van der Waals surface area (Å²) in [6.45, 7) is 2.13. The standard InChI is InChI=1S/C15H16F3N3O2/c1-7-6-23-14(19)21-12(7)9-4-8(2-3-11(9)16)20-13(22)10-5-15(10,17)18/h2-4,7,10,12H,5-6H2,1H3,(H2,19,21)(H,20,22). The monoisotopic (exact) mass is 327 g/mol. The molecule has 0 bridgehead atoms. The van der Waals surface area contributed by atoms with Crippen LogP contribution in [0.5, 0.6) is 0 Å². The maximum Gasteiger partial charge on any atom is 0.282 e. The molecule has 3 atom stereocenters. The van der Waals surface area contributed by atoms with E-state index in [1.807, 2.05) is 6.92 Å². The van der Waals surface area contributed by atoms with Gasteiger partial charge in [-0.3, -0.25) is 4.79 Å². The van der Waals surface area contributed by atoms with Gasteiger partial charge >= 0.3 is 0 Å². The van der Waals surface area contributed by atoms with Gasteiger partial charge in [0.1, 0.15) is 11.7 Å². The lowest BCUT2D eigenvalue weighted by Crippen LogP contribution is -2.29. The molecule has 1 aromatic rings. The van der Waals surface area contributed by atoms with Crippen LogP contribution in [-0.2, 0) is 9.53 Å². The van der Waals surface area contributed by atoms with Crippen molar-refractivity contribution in [2.45, 2.75) is 25.3 Å². The third-order valence-corrected chi connectivity index (χ3v) is 4.02. The number of anilines is 1.